The largest absolute Gasteiger partial charge is 0.317 e. The Kier molecular flexibility index (Phi) is 2.96. The van der Waals surface area contributed by atoms with Gasteiger partial charge in [0.15, 0.2) is 5.65 Å². The molecule has 0 spiro atoms. The van der Waals surface area contributed by atoms with Crippen molar-refractivity contribution in [3.05, 3.63) is 36.5 Å². The number of piperidine rings is 1. The van der Waals surface area contributed by atoms with E-state index in [9.17, 15) is 0 Å². The summed E-state index contributed by atoms with van der Waals surface area (Å²) in [6.07, 6.45) is 12.1. The summed E-state index contributed by atoms with van der Waals surface area (Å²) in [7, 11) is 1.92. The Hall–Kier alpha value is -2.21. The van der Waals surface area contributed by atoms with Crippen LogP contribution in [-0.2, 0) is 7.05 Å². The van der Waals surface area contributed by atoms with Gasteiger partial charge in [-0.05, 0) is 31.8 Å². The maximum Gasteiger partial charge on any atom is 0.158 e. The van der Waals surface area contributed by atoms with E-state index in [-0.39, 0.29) is 0 Å². The van der Waals surface area contributed by atoms with E-state index >= 15 is 0 Å². The molecule has 4 heterocycles. The average molecular weight is 282 g/mol. The number of rotatable bonds is 2. The van der Waals surface area contributed by atoms with Gasteiger partial charge in [0.1, 0.15) is 0 Å². The number of aromatic nitrogens is 5. The van der Waals surface area contributed by atoms with Crippen LogP contribution in [0.5, 0.6) is 0 Å². The first kappa shape index (κ1) is 12.5. The van der Waals surface area contributed by atoms with Crippen LogP contribution < -0.4 is 5.32 Å². The SMILES string of the molecule is Cn1cc(-c2cnc3c(C4CCNCC4)cnn3c2)cn1. The van der Waals surface area contributed by atoms with Crippen LogP contribution in [0.4, 0.5) is 0 Å². The van der Waals surface area contributed by atoms with Crippen LogP contribution in [0.3, 0.4) is 0 Å². The van der Waals surface area contributed by atoms with Crippen molar-refractivity contribution in [1.82, 2.24) is 29.7 Å². The third kappa shape index (κ3) is 2.21. The van der Waals surface area contributed by atoms with Crippen molar-refractivity contribution >= 4 is 5.65 Å². The lowest BCUT2D eigenvalue weighted by Gasteiger charge is -2.21. The van der Waals surface area contributed by atoms with Crippen LogP contribution in [0.15, 0.2) is 31.0 Å². The standard InChI is InChI=1S/C15H18N6/c1-20-9-13(7-18-20)12-6-17-15-14(8-19-21(15)10-12)11-2-4-16-5-3-11/h6-11,16H,2-5H2,1H3. The van der Waals surface area contributed by atoms with Crippen molar-refractivity contribution in [3.8, 4) is 11.1 Å². The minimum absolute atomic E-state index is 0.570. The number of aryl methyl sites for hydroxylation is 1. The Bertz CT molecular complexity index is 765. The summed E-state index contributed by atoms with van der Waals surface area (Å²) >= 11 is 0. The molecule has 1 fully saturated rings. The zero-order valence-electron chi connectivity index (χ0n) is 12.0. The van der Waals surface area contributed by atoms with Gasteiger partial charge in [-0.15, -0.1) is 0 Å². The molecule has 4 rings (SSSR count). The van der Waals surface area contributed by atoms with Crippen molar-refractivity contribution < 1.29 is 0 Å². The number of hydrogen-bond donors (Lipinski definition) is 1. The van der Waals surface area contributed by atoms with Crippen LogP contribution in [0.25, 0.3) is 16.8 Å². The highest BCUT2D eigenvalue weighted by atomic mass is 15.2. The summed E-state index contributed by atoms with van der Waals surface area (Å²) in [5, 5.41) is 12.1. The quantitative estimate of drug-likeness (QED) is 0.775. The van der Waals surface area contributed by atoms with Gasteiger partial charge >= 0.3 is 0 Å². The molecular weight excluding hydrogens is 264 g/mol. The van der Waals surface area contributed by atoms with Crippen molar-refractivity contribution in [2.75, 3.05) is 13.1 Å². The van der Waals surface area contributed by atoms with E-state index < -0.39 is 0 Å². The molecule has 0 saturated carbocycles. The van der Waals surface area contributed by atoms with Crippen LogP contribution in [0, 0.1) is 0 Å². The Balaban J connectivity index is 1.73. The van der Waals surface area contributed by atoms with Gasteiger partial charge in [0, 0.05) is 42.3 Å². The maximum absolute atomic E-state index is 4.64. The molecule has 1 aliphatic heterocycles. The lowest BCUT2D eigenvalue weighted by molar-refractivity contribution is 0.462. The van der Waals surface area contributed by atoms with Crippen molar-refractivity contribution in [3.63, 3.8) is 0 Å². The van der Waals surface area contributed by atoms with E-state index in [0.717, 1.165) is 42.7 Å². The Morgan fingerprint density at radius 3 is 2.62 bits per heavy atom. The molecule has 1 aliphatic rings. The van der Waals surface area contributed by atoms with E-state index in [1.165, 1.54) is 5.56 Å². The summed E-state index contributed by atoms with van der Waals surface area (Å²) in [6, 6.07) is 0. The first-order chi connectivity index (χ1) is 10.3. The molecule has 6 heteroatoms. The lowest BCUT2D eigenvalue weighted by Crippen LogP contribution is -2.26. The van der Waals surface area contributed by atoms with E-state index in [0.29, 0.717) is 5.92 Å². The van der Waals surface area contributed by atoms with E-state index in [2.05, 4.69) is 20.5 Å². The van der Waals surface area contributed by atoms with Gasteiger partial charge in [-0.25, -0.2) is 9.50 Å². The molecule has 108 valence electrons. The van der Waals surface area contributed by atoms with E-state index in [1.54, 1.807) is 4.68 Å². The second-order valence-electron chi connectivity index (χ2n) is 5.64. The van der Waals surface area contributed by atoms with Gasteiger partial charge in [-0.1, -0.05) is 0 Å². The van der Waals surface area contributed by atoms with Crippen LogP contribution in [-0.4, -0.2) is 37.5 Å². The fourth-order valence-electron chi connectivity index (χ4n) is 3.03. The average Bonchev–Trinajstić information content (AvgIpc) is 3.13. The molecule has 1 N–H and O–H groups in total. The normalized spacial score (nSPS) is 16.6. The molecule has 0 amide bonds. The van der Waals surface area contributed by atoms with E-state index in [4.69, 9.17) is 0 Å². The lowest BCUT2D eigenvalue weighted by atomic mass is 9.92. The minimum Gasteiger partial charge on any atom is -0.317 e. The molecule has 0 unspecified atom stereocenters. The van der Waals surface area contributed by atoms with Crippen molar-refractivity contribution in [2.45, 2.75) is 18.8 Å². The van der Waals surface area contributed by atoms with Crippen LogP contribution in [0.2, 0.25) is 0 Å². The summed E-state index contributed by atoms with van der Waals surface area (Å²) in [5.41, 5.74) is 4.35. The van der Waals surface area contributed by atoms with Crippen LogP contribution >= 0.6 is 0 Å². The topological polar surface area (TPSA) is 60.0 Å². The number of nitrogens with zero attached hydrogens (tertiary/aromatic N) is 5. The Morgan fingerprint density at radius 1 is 1.05 bits per heavy atom. The van der Waals surface area contributed by atoms with E-state index in [1.807, 2.05) is 42.5 Å². The highest BCUT2D eigenvalue weighted by Gasteiger charge is 2.20. The first-order valence-electron chi connectivity index (χ1n) is 7.34. The molecule has 0 radical (unpaired) electrons. The molecule has 3 aromatic heterocycles. The van der Waals surface area contributed by atoms with Gasteiger partial charge in [0.2, 0.25) is 0 Å². The Labute approximate surface area is 122 Å². The van der Waals surface area contributed by atoms with Gasteiger partial charge in [0.25, 0.3) is 0 Å². The molecule has 6 nitrogen and oxygen atoms in total. The fraction of sp³-hybridized carbons (Fsp3) is 0.400. The molecule has 0 aromatic carbocycles. The molecule has 0 aliphatic carbocycles. The zero-order valence-corrected chi connectivity index (χ0v) is 12.0. The monoisotopic (exact) mass is 282 g/mol. The first-order valence-corrected chi connectivity index (χ1v) is 7.34. The summed E-state index contributed by atoms with van der Waals surface area (Å²) in [5.74, 6) is 0.570. The molecular formula is C15H18N6. The molecule has 1 saturated heterocycles. The predicted molar refractivity (Wildman–Crippen MR) is 80.0 cm³/mol. The summed E-state index contributed by atoms with van der Waals surface area (Å²) in [6.45, 7) is 2.16. The van der Waals surface area contributed by atoms with Crippen LogP contribution in [0.1, 0.15) is 24.3 Å². The Morgan fingerprint density at radius 2 is 1.86 bits per heavy atom. The molecule has 0 atom stereocenters. The van der Waals surface area contributed by atoms with Gasteiger partial charge < -0.3 is 5.32 Å². The third-order valence-electron chi connectivity index (χ3n) is 4.20. The highest BCUT2D eigenvalue weighted by molar-refractivity contribution is 5.62. The predicted octanol–water partition coefficient (Wildman–Crippen LogP) is 1.60. The van der Waals surface area contributed by atoms with Crippen molar-refractivity contribution in [2.24, 2.45) is 7.05 Å². The summed E-state index contributed by atoms with van der Waals surface area (Å²) < 4.78 is 3.68. The number of hydrogen-bond acceptors (Lipinski definition) is 4. The van der Waals surface area contributed by atoms with Gasteiger partial charge in [0.05, 0.1) is 12.4 Å². The highest BCUT2D eigenvalue weighted by Crippen LogP contribution is 2.28. The fourth-order valence-corrected chi connectivity index (χ4v) is 3.03. The number of nitrogens with one attached hydrogen (secondary N) is 1. The maximum atomic E-state index is 4.64. The second kappa shape index (κ2) is 4.96. The van der Waals surface area contributed by atoms with Gasteiger partial charge in [-0.2, -0.15) is 10.2 Å². The van der Waals surface area contributed by atoms with Gasteiger partial charge in [-0.3, -0.25) is 4.68 Å². The minimum atomic E-state index is 0.570. The molecule has 21 heavy (non-hydrogen) atoms. The van der Waals surface area contributed by atoms with Crippen molar-refractivity contribution in [1.29, 1.82) is 0 Å². The summed E-state index contributed by atoms with van der Waals surface area (Å²) in [4.78, 5) is 4.64. The third-order valence-corrected chi connectivity index (χ3v) is 4.20. The molecule has 3 aromatic rings. The molecule has 0 bridgehead atoms. The smallest absolute Gasteiger partial charge is 0.158 e. The second-order valence-corrected chi connectivity index (χ2v) is 5.64. The zero-order chi connectivity index (χ0) is 14.2. The number of fused-ring (bicyclic) bond motifs is 1.